The third-order valence-electron chi connectivity index (χ3n) is 4.37. The Hall–Kier alpha value is -3.91. The zero-order valence-corrected chi connectivity index (χ0v) is 14.7. The van der Waals surface area contributed by atoms with Crippen LogP contribution < -0.4 is 5.32 Å². The molecule has 0 bridgehead atoms. The predicted molar refractivity (Wildman–Crippen MR) is 105 cm³/mol. The van der Waals surface area contributed by atoms with Gasteiger partial charge >= 0.3 is 0 Å². The van der Waals surface area contributed by atoms with E-state index in [1.165, 1.54) is 0 Å². The van der Waals surface area contributed by atoms with E-state index in [1.807, 2.05) is 43.3 Å². The lowest BCUT2D eigenvalue weighted by Gasteiger charge is -2.07. The van der Waals surface area contributed by atoms with E-state index in [4.69, 9.17) is 5.26 Å². The molecule has 5 nitrogen and oxygen atoms in total. The van der Waals surface area contributed by atoms with Gasteiger partial charge in [-0.2, -0.15) is 5.26 Å². The Morgan fingerprint density at radius 2 is 1.78 bits per heavy atom. The van der Waals surface area contributed by atoms with Crippen molar-refractivity contribution in [1.82, 2.24) is 9.55 Å². The van der Waals surface area contributed by atoms with Gasteiger partial charge in [-0.15, -0.1) is 0 Å². The van der Waals surface area contributed by atoms with E-state index in [-0.39, 0.29) is 5.91 Å². The van der Waals surface area contributed by atoms with E-state index in [0.717, 1.165) is 22.5 Å². The molecule has 0 aliphatic rings. The summed E-state index contributed by atoms with van der Waals surface area (Å²) >= 11 is 0. The van der Waals surface area contributed by atoms with Gasteiger partial charge in [-0.05, 0) is 61.5 Å². The second-order valence-corrected chi connectivity index (χ2v) is 6.18. The molecule has 0 aliphatic heterocycles. The topological polar surface area (TPSA) is 70.7 Å². The van der Waals surface area contributed by atoms with Crippen LogP contribution in [-0.2, 0) is 0 Å². The van der Waals surface area contributed by atoms with Crippen molar-refractivity contribution in [3.63, 3.8) is 0 Å². The molecule has 1 amide bonds. The number of amides is 1. The second kappa shape index (κ2) is 6.77. The van der Waals surface area contributed by atoms with Crippen molar-refractivity contribution in [1.29, 1.82) is 5.26 Å². The molecule has 0 unspecified atom stereocenters. The summed E-state index contributed by atoms with van der Waals surface area (Å²) < 4.78 is 2.07. The van der Waals surface area contributed by atoms with Crippen LogP contribution in [0.4, 0.5) is 5.69 Å². The van der Waals surface area contributed by atoms with Gasteiger partial charge in [-0.3, -0.25) is 9.36 Å². The van der Waals surface area contributed by atoms with E-state index in [2.05, 4.69) is 20.9 Å². The summed E-state index contributed by atoms with van der Waals surface area (Å²) in [5.74, 6) is 0.648. The number of para-hydroxylation sites is 1. The van der Waals surface area contributed by atoms with Gasteiger partial charge in [-0.25, -0.2) is 4.98 Å². The first-order valence-corrected chi connectivity index (χ1v) is 8.52. The number of rotatable bonds is 3. The van der Waals surface area contributed by atoms with Crippen LogP contribution >= 0.6 is 0 Å². The van der Waals surface area contributed by atoms with Crippen LogP contribution in [0.2, 0.25) is 0 Å². The van der Waals surface area contributed by atoms with Crippen molar-refractivity contribution in [2.45, 2.75) is 6.92 Å². The Labute approximate surface area is 156 Å². The molecule has 1 N–H and O–H groups in total. The monoisotopic (exact) mass is 352 g/mol. The summed E-state index contributed by atoms with van der Waals surface area (Å²) in [7, 11) is 0. The predicted octanol–water partition coefficient (Wildman–Crippen LogP) is 4.46. The van der Waals surface area contributed by atoms with Gasteiger partial charge in [-0.1, -0.05) is 18.2 Å². The third kappa shape index (κ3) is 3.16. The Kier molecular flexibility index (Phi) is 4.15. The van der Waals surface area contributed by atoms with Crippen LogP contribution in [0.15, 0.2) is 72.8 Å². The highest BCUT2D eigenvalue weighted by Crippen LogP contribution is 2.22. The summed E-state index contributed by atoms with van der Waals surface area (Å²) in [6, 6.07) is 24.3. The van der Waals surface area contributed by atoms with Crippen molar-refractivity contribution < 1.29 is 4.79 Å². The van der Waals surface area contributed by atoms with E-state index in [1.54, 1.807) is 36.4 Å². The van der Waals surface area contributed by atoms with Crippen molar-refractivity contribution in [3.05, 3.63) is 89.7 Å². The second-order valence-electron chi connectivity index (χ2n) is 6.18. The molecular weight excluding hydrogens is 336 g/mol. The fourth-order valence-electron chi connectivity index (χ4n) is 3.08. The van der Waals surface area contributed by atoms with Crippen LogP contribution in [0.25, 0.3) is 16.7 Å². The maximum atomic E-state index is 12.6. The van der Waals surface area contributed by atoms with Crippen LogP contribution in [0.1, 0.15) is 21.7 Å². The number of carbonyl (C=O) groups excluding carboxylic acids is 1. The Morgan fingerprint density at radius 3 is 2.48 bits per heavy atom. The maximum Gasteiger partial charge on any atom is 0.255 e. The zero-order chi connectivity index (χ0) is 18.8. The molecule has 1 heterocycles. The molecule has 5 heteroatoms. The normalized spacial score (nSPS) is 10.5. The van der Waals surface area contributed by atoms with Gasteiger partial charge in [0.25, 0.3) is 5.91 Å². The van der Waals surface area contributed by atoms with Gasteiger partial charge in [0, 0.05) is 16.9 Å². The number of anilines is 1. The minimum atomic E-state index is -0.214. The molecule has 4 aromatic rings. The largest absolute Gasteiger partial charge is 0.322 e. The van der Waals surface area contributed by atoms with Crippen molar-refractivity contribution in [2.75, 3.05) is 5.32 Å². The number of hydrogen-bond donors (Lipinski definition) is 1. The van der Waals surface area contributed by atoms with Gasteiger partial charge in [0.15, 0.2) is 0 Å². The molecule has 3 aromatic carbocycles. The van der Waals surface area contributed by atoms with Crippen LogP contribution in [0, 0.1) is 18.3 Å². The Balaban J connectivity index is 1.65. The van der Waals surface area contributed by atoms with Crippen LogP contribution in [-0.4, -0.2) is 15.5 Å². The first kappa shape index (κ1) is 16.6. The van der Waals surface area contributed by atoms with E-state index >= 15 is 0 Å². The Morgan fingerprint density at radius 1 is 1.04 bits per heavy atom. The van der Waals surface area contributed by atoms with Gasteiger partial charge in [0.05, 0.1) is 22.7 Å². The third-order valence-corrected chi connectivity index (χ3v) is 4.37. The molecule has 0 saturated heterocycles. The number of aromatic nitrogens is 2. The number of hydrogen-bond acceptors (Lipinski definition) is 3. The summed E-state index contributed by atoms with van der Waals surface area (Å²) in [4.78, 5) is 17.2. The summed E-state index contributed by atoms with van der Waals surface area (Å²) in [6.45, 7) is 1.95. The molecule has 0 fully saturated rings. The number of imidazole rings is 1. The molecule has 4 rings (SSSR count). The van der Waals surface area contributed by atoms with Gasteiger partial charge in [0.2, 0.25) is 0 Å². The molecule has 0 radical (unpaired) electrons. The SMILES string of the molecule is Cc1nc2cc(C(=O)Nc3ccc(C#N)cc3)ccc2n1-c1ccccc1. The lowest BCUT2D eigenvalue weighted by atomic mass is 10.1. The number of nitriles is 1. The maximum absolute atomic E-state index is 12.6. The molecule has 1 aromatic heterocycles. The number of carbonyl (C=O) groups is 1. The highest BCUT2D eigenvalue weighted by atomic mass is 16.1. The lowest BCUT2D eigenvalue weighted by molar-refractivity contribution is 0.102. The van der Waals surface area contributed by atoms with Gasteiger partial charge in [0.1, 0.15) is 5.82 Å². The molecule has 0 aliphatic carbocycles. The lowest BCUT2D eigenvalue weighted by Crippen LogP contribution is -2.11. The number of aryl methyl sites for hydroxylation is 1. The molecule has 0 spiro atoms. The number of nitrogens with one attached hydrogen (secondary N) is 1. The van der Waals surface area contributed by atoms with Crippen LogP contribution in [0.5, 0.6) is 0 Å². The highest BCUT2D eigenvalue weighted by molar-refractivity contribution is 6.06. The van der Waals surface area contributed by atoms with E-state index in [0.29, 0.717) is 16.8 Å². The molecule has 27 heavy (non-hydrogen) atoms. The zero-order valence-electron chi connectivity index (χ0n) is 14.7. The first-order chi connectivity index (χ1) is 13.2. The average molecular weight is 352 g/mol. The van der Waals surface area contributed by atoms with Crippen molar-refractivity contribution in [3.8, 4) is 11.8 Å². The minimum Gasteiger partial charge on any atom is -0.322 e. The molecular formula is C22H16N4O. The fourth-order valence-corrected chi connectivity index (χ4v) is 3.08. The summed E-state index contributed by atoms with van der Waals surface area (Å²) in [5, 5.41) is 11.7. The molecule has 0 atom stereocenters. The van der Waals surface area contributed by atoms with E-state index < -0.39 is 0 Å². The average Bonchev–Trinajstić information content (AvgIpc) is 3.04. The number of nitrogens with zero attached hydrogens (tertiary/aromatic N) is 3. The summed E-state index contributed by atoms with van der Waals surface area (Å²) in [5.41, 5.74) is 4.48. The molecule has 130 valence electrons. The van der Waals surface area contributed by atoms with Crippen LogP contribution in [0.3, 0.4) is 0 Å². The standard InChI is InChI=1S/C22H16N4O/c1-15-24-20-13-17(22(27)25-18-10-7-16(14-23)8-11-18)9-12-21(20)26(15)19-5-3-2-4-6-19/h2-13H,1H3,(H,25,27). The van der Waals surface area contributed by atoms with Gasteiger partial charge < -0.3 is 5.32 Å². The van der Waals surface area contributed by atoms with Crippen molar-refractivity contribution in [2.24, 2.45) is 0 Å². The summed E-state index contributed by atoms with van der Waals surface area (Å²) in [6.07, 6.45) is 0. The molecule has 0 saturated carbocycles. The van der Waals surface area contributed by atoms with Crippen molar-refractivity contribution >= 4 is 22.6 Å². The minimum absolute atomic E-state index is 0.214. The quantitative estimate of drug-likeness (QED) is 0.592. The Bertz CT molecular complexity index is 1170. The number of fused-ring (bicyclic) bond motifs is 1. The fraction of sp³-hybridized carbons (Fsp3) is 0.0455. The van der Waals surface area contributed by atoms with E-state index in [9.17, 15) is 4.79 Å². The number of benzene rings is 3. The first-order valence-electron chi connectivity index (χ1n) is 8.52. The smallest absolute Gasteiger partial charge is 0.255 e. The highest BCUT2D eigenvalue weighted by Gasteiger charge is 2.13.